The first-order valence-corrected chi connectivity index (χ1v) is 8.81. The van der Waals surface area contributed by atoms with E-state index in [0.717, 1.165) is 47.0 Å². The predicted molar refractivity (Wildman–Crippen MR) is 102 cm³/mol. The van der Waals surface area contributed by atoms with E-state index in [1.54, 1.807) is 14.2 Å². The summed E-state index contributed by atoms with van der Waals surface area (Å²) in [6.07, 6.45) is 1.75. The molecular weight excluding hydrogens is 316 g/mol. The second-order valence-electron chi connectivity index (χ2n) is 5.02. The Balaban J connectivity index is 0.00000151. The molecule has 0 atom stereocenters. The van der Waals surface area contributed by atoms with Crippen molar-refractivity contribution in [3.05, 3.63) is 47.5 Å². The SMILES string of the molecule is CC.CCc1ccc(OCOc2cccc(OC)c2CC)cc1OC. The quantitative estimate of drug-likeness (QED) is 0.610. The number of ether oxygens (including phenoxy) is 4. The Bertz CT molecular complexity index is 638. The van der Waals surface area contributed by atoms with Gasteiger partial charge in [-0.1, -0.05) is 39.8 Å². The molecule has 2 aromatic rings. The van der Waals surface area contributed by atoms with E-state index in [1.165, 1.54) is 0 Å². The second kappa shape index (κ2) is 11.2. The van der Waals surface area contributed by atoms with E-state index in [2.05, 4.69) is 13.8 Å². The molecule has 25 heavy (non-hydrogen) atoms. The van der Waals surface area contributed by atoms with Crippen molar-refractivity contribution in [1.29, 1.82) is 0 Å². The van der Waals surface area contributed by atoms with E-state index in [1.807, 2.05) is 50.2 Å². The van der Waals surface area contributed by atoms with Crippen molar-refractivity contribution >= 4 is 0 Å². The van der Waals surface area contributed by atoms with Gasteiger partial charge in [0.2, 0.25) is 6.79 Å². The highest BCUT2D eigenvalue weighted by Crippen LogP contribution is 2.29. The van der Waals surface area contributed by atoms with E-state index in [0.29, 0.717) is 0 Å². The topological polar surface area (TPSA) is 36.9 Å². The van der Waals surface area contributed by atoms with E-state index >= 15 is 0 Å². The first kappa shape index (κ1) is 20.7. The summed E-state index contributed by atoms with van der Waals surface area (Å²) < 4.78 is 22.2. The van der Waals surface area contributed by atoms with Crippen molar-refractivity contribution in [2.45, 2.75) is 40.5 Å². The molecular formula is C21H30O4. The van der Waals surface area contributed by atoms with Gasteiger partial charge in [0.05, 0.1) is 14.2 Å². The van der Waals surface area contributed by atoms with Gasteiger partial charge in [0.25, 0.3) is 0 Å². The molecule has 0 aliphatic heterocycles. The van der Waals surface area contributed by atoms with Crippen LogP contribution in [0.4, 0.5) is 0 Å². The van der Waals surface area contributed by atoms with E-state index in [9.17, 15) is 0 Å². The summed E-state index contributed by atoms with van der Waals surface area (Å²) in [6.45, 7) is 8.30. The van der Waals surface area contributed by atoms with Crippen LogP contribution in [0.1, 0.15) is 38.8 Å². The van der Waals surface area contributed by atoms with Gasteiger partial charge in [0.1, 0.15) is 23.0 Å². The smallest absolute Gasteiger partial charge is 0.230 e. The number of methoxy groups -OCH3 is 2. The monoisotopic (exact) mass is 346 g/mol. The van der Waals surface area contributed by atoms with Crippen LogP contribution in [0.5, 0.6) is 23.0 Å². The third kappa shape index (κ3) is 5.59. The van der Waals surface area contributed by atoms with Crippen LogP contribution in [0.2, 0.25) is 0 Å². The minimum atomic E-state index is 0.134. The van der Waals surface area contributed by atoms with Crippen molar-refractivity contribution in [2.75, 3.05) is 21.0 Å². The Morgan fingerprint density at radius 1 is 0.760 bits per heavy atom. The normalized spacial score (nSPS) is 9.68. The lowest BCUT2D eigenvalue weighted by atomic mass is 10.1. The molecule has 138 valence electrons. The average molecular weight is 346 g/mol. The van der Waals surface area contributed by atoms with Gasteiger partial charge in [-0.15, -0.1) is 0 Å². The van der Waals surface area contributed by atoms with Crippen LogP contribution in [0.3, 0.4) is 0 Å². The molecule has 0 aliphatic carbocycles. The maximum atomic E-state index is 5.76. The number of aryl methyl sites for hydroxylation is 1. The van der Waals surface area contributed by atoms with Gasteiger partial charge in [0, 0.05) is 11.6 Å². The Hall–Kier alpha value is -2.36. The lowest BCUT2D eigenvalue weighted by Crippen LogP contribution is -2.08. The van der Waals surface area contributed by atoms with Crippen molar-refractivity contribution in [1.82, 2.24) is 0 Å². The highest BCUT2D eigenvalue weighted by Gasteiger charge is 2.09. The fourth-order valence-electron chi connectivity index (χ4n) is 2.49. The molecule has 0 radical (unpaired) electrons. The van der Waals surface area contributed by atoms with Crippen LogP contribution >= 0.6 is 0 Å². The van der Waals surface area contributed by atoms with Gasteiger partial charge in [-0.3, -0.25) is 0 Å². The Labute approximate surface area is 151 Å². The largest absolute Gasteiger partial charge is 0.496 e. The molecule has 0 saturated heterocycles. The molecule has 0 unspecified atom stereocenters. The first-order valence-electron chi connectivity index (χ1n) is 8.81. The Kier molecular flexibility index (Phi) is 9.30. The molecule has 0 bridgehead atoms. The van der Waals surface area contributed by atoms with Crippen LogP contribution in [0.15, 0.2) is 36.4 Å². The molecule has 0 N–H and O–H groups in total. The number of hydrogen-bond acceptors (Lipinski definition) is 4. The Morgan fingerprint density at radius 2 is 1.44 bits per heavy atom. The average Bonchev–Trinajstić information content (AvgIpc) is 2.69. The van der Waals surface area contributed by atoms with E-state index < -0.39 is 0 Å². The number of hydrogen-bond donors (Lipinski definition) is 0. The fourth-order valence-corrected chi connectivity index (χ4v) is 2.49. The van der Waals surface area contributed by atoms with Crippen molar-refractivity contribution < 1.29 is 18.9 Å². The van der Waals surface area contributed by atoms with Crippen LogP contribution in [0, 0.1) is 0 Å². The third-order valence-electron chi connectivity index (χ3n) is 3.74. The molecule has 0 fully saturated rings. The van der Waals surface area contributed by atoms with Crippen LogP contribution in [-0.4, -0.2) is 21.0 Å². The summed E-state index contributed by atoms with van der Waals surface area (Å²) in [5.74, 6) is 3.17. The Morgan fingerprint density at radius 3 is 2.04 bits per heavy atom. The summed E-state index contributed by atoms with van der Waals surface area (Å²) in [6, 6.07) is 11.6. The molecule has 0 saturated carbocycles. The summed E-state index contributed by atoms with van der Waals surface area (Å²) in [7, 11) is 3.33. The number of benzene rings is 2. The van der Waals surface area contributed by atoms with Gasteiger partial charge in [-0.2, -0.15) is 0 Å². The molecule has 2 aromatic carbocycles. The lowest BCUT2D eigenvalue weighted by molar-refractivity contribution is 0.118. The first-order chi connectivity index (χ1) is 12.2. The summed E-state index contributed by atoms with van der Waals surface area (Å²) in [5, 5.41) is 0. The van der Waals surface area contributed by atoms with E-state index in [-0.39, 0.29) is 6.79 Å². The fraction of sp³-hybridized carbons (Fsp3) is 0.429. The number of rotatable bonds is 8. The van der Waals surface area contributed by atoms with E-state index in [4.69, 9.17) is 18.9 Å². The molecule has 0 aliphatic rings. The van der Waals surface area contributed by atoms with Crippen LogP contribution in [-0.2, 0) is 12.8 Å². The zero-order valence-corrected chi connectivity index (χ0v) is 16.2. The minimum absolute atomic E-state index is 0.134. The van der Waals surface area contributed by atoms with Gasteiger partial charge in [0.15, 0.2) is 0 Å². The predicted octanol–water partition coefficient (Wildman–Crippen LogP) is 5.27. The lowest BCUT2D eigenvalue weighted by Gasteiger charge is -2.15. The molecule has 0 spiro atoms. The molecule has 4 heteroatoms. The zero-order valence-electron chi connectivity index (χ0n) is 16.2. The van der Waals surface area contributed by atoms with Crippen molar-refractivity contribution in [3.8, 4) is 23.0 Å². The maximum Gasteiger partial charge on any atom is 0.230 e. The van der Waals surface area contributed by atoms with Crippen molar-refractivity contribution in [3.63, 3.8) is 0 Å². The second-order valence-corrected chi connectivity index (χ2v) is 5.02. The summed E-state index contributed by atoms with van der Waals surface area (Å²) in [4.78, 5) is 0. The summed E-state index contributed by atoms with van der Waals surface area (Å²) in [5.41, 5.74) is 2.19. The van der Waals surface area contributed by atoms with Crippen LogP contribution in [0.25, 0.3) is 0 Å². The highest BCUT2D eigenvalue weighted by molar-refractivity contribution is 5.45. The molecule has 0 aromatic heterocycles. The molecule has 4 nitrogen and oxygen atoms in total. The maximum absolute atomic E-state index is 5.76. The standard InChI is InChI=1S/C19H24O4.C2H6/c1-5-14-10-11-15(12-19(14)21-4)22-13-23-18-9-7-8-17(20-3)16(18)6-2;1-2/h7-12H,5-6,13H2,1-4H3;1-2H3. The molecule has 0 heterocycles. The minimum Gasteiger partial charge on any atom is -0.496 e. The van der Waals surface area contributed by atoms with Gasteiger partial charge >= 0.3 is 0 Å². The zero-order chi connectivity index (χ0) is 18.7. The third-order valence-corrected chi connectivity index (χ3v) is 3.74. The summed E-state index contributed by atoms with van der Waals surface area (Å²) >= 11 is 0. The van der Waals surface area contributed by atoms with Crippen LogP contribution < -0.4 is 18.9 Å². The molecule has 0 amide bonds. The van der Waals surface area contributed by atoms with Gasteiger partial charge in [-0.25, -0.2) is 0 Å². The van der Waals surface area contributed by atoms with Gasteiger partial charge in [-0.05, 0) is 36.6 Å². The molecule has 2 rings (SSSR count). The highest BCUT2D eigenvalue weighted by atomic mass is 16.7. The van der Waals surface area contributed by atoms with Crippen molar-refractivity contribution in [2.24, 2.45) is 0 Å². The van der Waals surface area contributed by atoms with Gasteiger partial charge < -0.3 is 18.9 Å².